The van der Waals surface area contributed by atoms with Crippen LogP contribution in [0.15, 0.2) is 53.3 Å². The third kappa shape index (κ3) is 6.43. The standard InChI is InChI=1S/C19H25N3O3/c1-21(2)11-12-22(14-16-6-4-3-5-7-16)18(23)8-10-20-19(24)17-9-13-25-15-17/h3-7,9,13,15H,8,10-12,14H2,1-2H3,(H,20,24). The fraction of sp³-hybridized carbons (Fsp3) is 0.368. The third-order valence-electron chi connectivity index (χ3n) is 3.79. The lowest BCUT2D eigenvalue weighted by Gasteiger charge is -2.24. The van der Waals surface area contributed by atoms with Crippen molar-refractivity contribution in [1.82, 2.24) is 15.1 Å². The second-order valence-electron chi connectivity index (χ2n) is 6.12. The van der Waals surface area contributed by atoms with Gasteiger partial charge >= 0.3 is 0 Å². The van der Waals surface area contributed by atoms with Gasteiger partial charge in [-0.25, -0.2) is 0 Å². The zero-order chi connectivity index (χ0) is 18.1. The van der Waals surface area contributed by atoms with E-state index in [1.54, 1.807) is 6.07 Å². The molecule has 0 radical (unpaired) electrons. The molecule has 1 aromatic heterocycles. The van der Waals surface area contributed by atoms with Gasteiger partial charge in [0.05, 0.1) is 11.8 Å². The van der Waals surface area contributed by atoms with E-state index in [2.05, 4.69) is 5.32 Å². The maximum atomic E-state index is 12.6. The van der Waals surface area contributed by atoms with Crippen molar-refractivity contribution in [2.75, 3.05) is 33.7 Å². The number of carbonyl (C=O) groups is 2. The number of amides is 2. The lowest BCUT2D eigenvalue weighted by Crippen LogP contribution is -2.38. The van der Waals surface area contributed by atoms with Gasteiger partial charge in [-0.05, 0) is 25.7 Å². The van der Waals surface area contributed by atoms with Crippen molar-refractivity contribution in [1.29, 1.82) is 0 Å². The minimum absolute atomic E-state index is 0.0261. The highest BCUT2D eigenvalue weighted by molar-refractivity contribution is 5.94. The summed E-state index contributed by atoms with van der Waals surface area (Å²) in [5, 5.41) is 2.74. The largest absolute Gasteiger partial charge is 0.472 e. The van der Waals surface area contributed by atoms with E-state index in [4.69, 9.17) is 4.42 Å². The van der Waals surface area contributed by atoms with Gasteiger partial charge in [-0.3, -0.25) is 9.59 Å². The third-order valence-corrected chi connectivity index (χ3v) is 3.79. The van der Waals surface area contributed by atoms with Crippen LogP contribution in [0.4, 0.5) is 0 Å². The van der Waals surface area contributed by atoms with Gasteiger partial charge in [0.2, 0.25) is 5.91 Å². The number of rotatable bonds is 9. The van der Waals surface area contributed by atoms with Crippen LogP contribution in [0, 0.1) is 0 Å². The van der Waals surface area contributed by atoms with Gasteiger partial charge in [0.15, 0.2) is 0 Å². The van der Waals surface area contributed by atoms with Crippen LogP contribution in [-0.2, 0) is 11.3 Å². The highest BCUT2D eigenvalue weighted by Crippen LogP contribution is 2.06. The summed E-state index contributed by atoms with van der Waals surface area (Å²) in [7, 11) is 3.96. The smallest absolute Gasteiger partial charge is 0.254 e. The van der Waals surface area contributed by atoms with E-state index in [0.29, 0.717) is 25.2 Å². The molecule has 0 atom stereocenters. The number of hydrogen-bond acceptors (Lipinski definition) is 4. The number of nitrogens with one attached hydrogen (secondary N) is 1. The van der Waals surface area contributed by atoms with Crippen LogP contribution in [0.5, 0.6) is 0 Å². The van der Waals surface area contributed by atoms with Crippen molar-refractivity contribution < 1.29 is 14.0 Å². The van der Waals surface area contributed by atoms with Crippen LogP contribution >= 0.6 is 0 Å². The SMILES string of the molecule is CN(C)CCN(Cc1ccccc1)C(=O)CCNC(=O)c1ccoc1. The van der Waals surface area contributed by atoms with Crippen LogP contribution in [0.1, 0.15) is 22.3 Å². The summed E-state index contributed by atoms with van der Waals surface area (Å²) < 4.78 is 4.88. The number of likely N-dealkylation sites (N-methyl/N-ethyl adjacent to an activating group) is 1. The van der Waals surface area contributed by atoms with Gasteiger partial charge in [0.1, 0.15) is 6.26 Å². The lowest BCUT2D eigenvalue weighted by molar-refractivity contribution is -0.131. The lowest BCUT2D eigenvalue weighted by atomic mass is 10.2. The molecule has 0 aliphatic rings. The molecule has 25 heavy (non-hydrogen) atoms. The van der Waals surface area contributed by atoms with Crippen molar-refractivity contribution in [2.45, 2.75) is 13.0 Å². The predicted molar refractivity (Wildman–Crippen MR) is 96.1 cm³/mol. The van der Waals surface area contributed by atoms with Gasteiger partial charge in [-0.2, -0.15) is 0 Å². The number of benzene rings is 1. The van der Waals surface area contributed by atoms with Crippen LogP contribution in [0.3, 0.4) is 0 Å². The summed E-state index contributed by atoms with van der Waals surface area (Å²) >= 11 is 0. The maximum absolute atomic E-state index is 12.6. The molecule has 0 saturated heterocycles. The molecule has 0 unspecified atom stereocenters. The number of carbonyl (C=O) groups excluding carboxylic acids is 2. The highest BCUT2D eigenvalue weighted by Gasteiger charge is 2.15. The zero-order valence-corrected chi connectivity index (χ0v) is 14.8. The van der Waals surface area contributed by atoms with E-state index >= 15 is 0 Å². The molecule has 6 nitrogen and oxygen atoms in total. The van der Waals surface area contributed by atoms with Gasteiger partial charge < -0.3 is 19.5 Å². The molecule has 0 fully saturated rings. The number of furan rings is 1. The van der Waals surface area contributed by atoms with Gasteiger partial charge in [-0.15, -0.1) is 0 Å². The number of hydrogen-bond donors (Lipinski definition) is 1. The minimum Gasteiger partial charge on any atom is -0.472 e. The Morgan fingerprint density at radius 2 is 1.84 bits per heavy atom. The molecule has 0 bridgehead atoms. The molecule has 0 aliphatic heterocycles. The normalized spacial score (nSPS) is 10.7. The Bertz CT molecular complexity index is 654. The van der Waals surface area contributed by atoms with Crippen molar-refractivity contribution in [2.24, 2.45) is 0 Å². The van der Waals surface area contributed by atoms with Crippen LogP contribution in [-0.4, -0.2) is 55.3 Å². The molecule has 6 heteroatoms. The Kier molecular flexibility index (Phi) is 7.22. The topological polar surface area (TPSA) is 65.8 Å². The monoisotopic (exact) mass is 343 g/mol. The van der Waals surface area contributed by atoms with Crippen molar-refractivity contribution in [3.05, 3.63) is 60.1 Å². The molecule has 0 saturated carbocycles. The Balaban J connectivity index is 1.86. The fourth-order valence-electron chi connectivity index (χ4n) is 2.35. The first-order chi connectivity index (χ1) is 12.1. The molecule has 2 rings (SSSR count). The Labute approximate surface area is 148 Å². The van der Waals surface area contributed by atoms with Crippen molar-refractivity contribution >= 4 is 11.8 Å². The molecule has 1 N–H and O–H groups in total. The average Bonchev–Trinajstić information content (AvgIpc) is 3.13. The average molecular weight is 343 g/mol. The molecular formula is C19H25N3O3. The summed E-state index contributed by atoms with van der Waals surface area (Å²) in [6.45, 7) is 2.32. The number of nitrogens with zero attached hydrogens (tertiary/aromatic N) is 2. The summed E-state index contributed by atoms with van der Waals surface area (Å²) in [5.41, 5.74) is 1.55. The molecule has 2 amide bonds. The second kappa shape index (κ2) is 9.64. The van der Waals surface area contributed by atoms with Gasteiger partial charge in [0.25, 0.3) is 5.91 Å². The summed E-state index contributed by atoms with van der Waals surface area (Å²) in [5.74, 6) is -0.206. The highest BCUT2D eigenvalue weighted by atomic mass is 16.3. The summed E-state index contributed by atoms with van der Waals surface area (Å²) in [4.78, 5) is 28.3. The molecule has 0 spiro atoms. The van der Waals surface area contributed by atoms with E-state index in [9.17, 15) is 9.59 Å². The first-order valence-corrected chi connectivity index (χ1v) is 8.33. The molecular weight excluding hydrogens is 318 g/mol. The van der Waals surface area contributed by atoms with Crippen molar-refractivity contribution in [3.63, 3.8) is 0 Å². The first-order valence-electron chi connectivity index (χ1n) is 8.33. The Morgan fingerprint density at radius 3 is 2.48 bits per heavy atom. The molecule has 134 valence electrons. The van der Waals surface area contributed by atoms with Gasteiger partial charge in [-0.1, -0.05) is 30.3 Å². The fourth-order valence-corrected chi connectivity index (χ4v) is 2.35. The van der Waals surface area contributed by atoms with E-state index in [1.807, 2.05) is 54.2 Å². The molecule has 0 aliphatic carbocycles. The second-order valence-corrected chi connectivity index (χ2v) is 6.12. The van der Waals surface area contributed by atoms with Crippen LogP contribution < -0.4 is 5.32 Å². The quantitative estimate of drug-likeness (QED) is 0.756. The zero-order valence-electron chi connectivity index (χ0n) is 14.8. The summed E-state index contributed by atoms with van der Waals surface area (Å²) in [6.07, 6.45) is 3.10. The van der Waals surface area contributed by atoms with E-state index in [1.165, 1.54) is 12.5 Å². The van der Waals surface area contributed by atoms with E-state index in [-0.39, 0.29) is 18.2 Å². The van der Waals surface area contributed by atoms with E-state index < -0.39 is 0 Å². The Hall–Kier alpha value is -2.60. The predicted octanol–water partition coefficient (Wildman–Crippen LogP) is 1.99. The minimum atomic E-state index is -0.232. The molecule has 1 aromatic carbocycles. The van der Waals surface area contributed by atoms with Crippen LogP contribution in [0.2, 0.25) is 0 Å². The van der Waals surface area contributed by atoms with Crippen LogP contribution in [0.25, 0.3) is 0 Å². The summed E-state index contributed by atoms with van der Waals surface area (Å²) in [6, 6.07) is 11.5. The maximum Gasteiger partial charge on any atom is 0.254 e. The van der Waals surface area contributed by atoms with Crippen molar-refractivity contribution in [3.8, 4) is 0 Å². The Morgan fingerprint density at radius 1 is 1.08 bits per heavy atom. The van der Waals surface area contributed by atoms with Gasteiger partial charge in [0, 0.05) is 32.6 Å². The first kappa shape index (κ1) is 18.7. The molecule has 1 heterocycles. The molecule has 2 aromatic rings. The van der Waals surface area contributed by atoms with E-state index in [0.717, 1.165) is 12.1 Å².